The predicted molar refractivity (Wildman–Crippen MR) is 93.8 cm³/mol. The van der Waals surface area contributed by atoms with E-state index in [-0.39, 0.29) is 17.0 Å². The molecular formula is C15H19FN4O2S2. The van der Waals surface area contributed by atoms with Crippen LogP contribution in [0.2, 0.25) is 0 Å². The van der Waals surface area contributed by atoms with Crippen molar-refractivity contribution >= 4 is 34.1 Å². The van der Waals surface area contributed by atoms with Gasteiger partial charge in [0.05, 0.1) is 11.9 Å². The number of hydrogen-bond donors (Lipinski definition) is 2. The molecule has 2 N–H and O–H groups in total. The fourth-order valence-electron chi connectivity index (χ4n) is 1.73. The molecule has 1 heterocycles. The molecule has 2 rings (SSSR count). The number of anilines is 1. The van der Waals surface area contributed by atoms with E-state index < -0.39 is 0 Å². The average molecular weight is 370 g/mol. The van der Waals surface area contributed by atoms with Crippen LogP contribution in [0.4, 0.5) is 9.52 Å². The van der Waals surface area contributed by atoms with Crippen molar-refractivity contribution in [2.45, 2.75) is 23.1 Å². The Balaban J connectivity index is 1.77. The fraction of sp³-hybridized carbons (Fsp3) is 0.400. The van der Waals surface area contributed by atoms with Crippen LogP contribution in [0.25, 0.3) is 0 Å². The van der Waals surface area contributed by atoms with Gasteiger partial charge in [-0.15, -0.1) is 10.2 Å². The minimum atomic E-state index is -0.301. The number of hydrogen-bond acceptors (Lipinski definition) is 7. The van der Waals surface area contributed by atoms with Gasteiger partial charge in [-0.25, -0.2) is 4.39 Å². The zero-order valence-corrected chi connectivity index (χ0v) is 15.0. The molecule has 1 atom stereocenters. The quantitative estimate of drug-likeness (QED) is 0.522. The van der Waals surface area contributed by atoms with Crippen molar-refractivity contribution in [1.29, 1.82) is 0 Å². The van der Waals surface area contributed by atoms with E-state index in [4.69, 9.17) is 4.74 Å². The minimum Gasteiger partial charge on any atom is -0.383 e. The van der Waals surface area contributed by atoms with E-state index in [1.807, 2.05) is 6.92 Å². The van der Waals surface area contributed by atoms with Gasteiger partial charge < -0.3 is 15.4 Å². The van der Waals surface area contributed by atoms with Gasteiger partial charge in [0.2, 0.25) is 11.0 Å². The van der Waals surface area contributed by atoms with E-state index in [9.17, 15) is 9.18 Å². The first-order valence-electron chi connectivity index (χ1n) is 7.33. The first kappa shape index (κ1) is 18.6. The van der Waals surface area contributed by atoms with Crippen molar-refractivity contribution in [3.05, 3.63) is 35.6 Å². The van der Waals surface area contributed by atoms with Gasteiger partial charge in [0, 0.05) is 20.2 Å². The number of thioether (sulfide) groups is 1. The topological polar surface area (TPSA) is 76.1 Å². The van der Waals surface area contributed by atoms with Crippen molar-refractivity contribution in [3.63, 3.8) is 0 Å². The summed E-state index contributed by atoms with van der Waals surface area (Å²) in [6, 6.07) is 6.05. The molecule has 130 valence electrons. The lowest BCUT2D eigenvalue weighted by Gasteiger charge is -2.10. The molecule has 1 amide bonds. The van der Waals surface area contributed by atoms with Crippen LogP contribution in [0.1, 0.15) is 12.5 Å². The Hall–Kier alpha value is -1.71. The molecule has 0 radical (unpaired) electrons. The summed E-state index contributed by atoms with van der Waals surface area (Å²) in [5.74, 6) is -0.395. The minimum absolute atomic E-state index is 0.103. The summed E-state index contributed by atoms with van der Waals surface area (Å²) in [6.07, 6.45) is 0. The van der Waals surface area contributed by atoms with E-state index in [0.717, 1.165) is 9.90 Å². The van der Waals surface area contributed by atoms with Crippen LogP contribution in [-0.4, -0.2) is 41.6 Å². The number of carbonyl (C=O) groups is 1. The maximum absolute atomic E-state index is 12.8. The molecule has 1 aromatic heterocycles. The largest absolute Gasteiger partial charge is 0.383 e. The zero-order chi connectivity index (χ0) is 17.4. The van der Waals surface area contributed by atoms with Crippen molar-refractivity contribution in [2.75, 3.05) is 25.6 Å². The molecule has 0 saturated heterocycles. The summed E-state index contributed by atoms with van der Waals surface area (Å²) >= 11 is 2.75. The number of ether oxygens (including phenoxy) is 1. The molecule has 0 aliphatic heterocycles. The Morgan fingerprint density at radius 2 is 2.12 bits per heavy atom. The number of methoxy groups -OCH3 is 1. The Kier molecular flexibility index (Phi) is 7.41. The Morgan fingerprint density at radius 1 is 1.38 bits per heavy atom. The highest BCUT2D eigenvalue weighted by Gasteiger charge is 2.17. The fourth-order valence-corrected chi connectivity index (χ4v) is 3.67. The van der Waals surface area contributed by atoms with Gasteiger partial charge in [0.1, 0.15) is 5.82 Å². The number of benzene rings is 1. The smallest absolute Gasteiger partial charge is 0.233 e. The maximum Gasteiger partial charge on any atom is 0.233 e. The summed E-state index contributed by atoms with van der Waals surface area (Å²) in [4.78, 5) is 12.1. The highest BCUT2D eigenvalue weighted by molar-refractivity contribution is 8.02. The van der Waals surface area contributed by atoms with Crippen LogP contribution in [0.5, 0.6) is 0 Å². The highest BCUT2D eigenvalue weighted by Crippen LogP contribution is 2.28. The van der Waals surface area contributed by atoms with Crippen LogP contribution < -0.4 is 10.6 Å². The molecule has 6 nitrogen and oxygen atoms in total. The normalized spacial score (nSPS) is 12.0. The highest BCUT2D eigenvalue weighted by atomic mass is 32.2. The zero-order valence-electron chi connectivity index (χ0n) is 13.4. The molecule has 0 bridgehead atoms. The Labute approximate surface area is 148 Å². The van der Waals surface area contributed by atoms with Crippen molar-refractivity contribution in [1.82, 2.24) is 15.5 Å². The number of carbonyl (C=O) groups excluding carboxylic acids is 1. The molecule has 2 aromatic rings. The third kappa shape index (κ3) is 6.06. The van der Waals surface area contributed by atoms with E-state index in [1.54, 1.807) is 19.2 Å². The van der Waals surface area contributed by atoms with E-state index in [2.05, 4.69) is 20.8 Å². The van der Waals surface area contributed by atoms with Crippen LogP contribution >= 0.6 is 23.1 Å². The van der Waals surface area contributed by atoms with Gasteiger partial charge in [-0.05, 0) is 24.6 Å². The lowest BCUT2D eigenvalue weighted by Crippen LogP contribution is -2.30. The molecule has 0 saturated carbocycles. The van der Waals surface area contributed by atoms with Gasteiger partial charge in [-0.2, -0.15) is 0 Å². The molecule has 24 heavy (non-hydrogen) atoms. The number of nitrogens with zero attached hydrogens (tertiary/aromatic N) is 2. The number of amides is 1. The van der Waals surface area contributed by atoms with Crippen LogP contribution in [0.3, 0.4) is 0 Å². The van der Waals surface area contributed by atoms with Crippen molar-refractivity contribution < 1.29 is 13.9 Å². The van der Waals surface area contributed by atoms with Crippen LogP contribution in [0, 0.1) is 5.82 Å². The van der Waals surface area contributed by atoms with Crippen molar-refractivity contribution in [2.24, 2.45) is 0 Å². The number of halogens is 1. The summed E-state index contributed by atoms with van der Waals surface area (Å²) in [7, 11) is 1.63. The summed E-state index contributed by atoms with van der Waals surface area (Å²) in [5.41, 5.74) is 0.850. The Bertz CT molecular complexity index is 651. The van der Waals surface area contributed by atoms with E-state index >= 15 is 0 Å². The maximum atomic E-state index is 12.8. The average Bonchev–Trinajstić information content (AvgIpc) is 3.01. The SMILES string of the molecule is COCCNc1nnc(S[C@H](C)C(=O)NCc2ccc(F)cc2)s1. The van der Waals surface area contributed by atoms with E-state index in [0.29, 0.717) is 24.8 Å². The molecule has 1 aromatic carbocycles. The molecule has 0 spiro atoms. The molecule has 0 fully saturated rings. The molecule has 9 heteroatoms. The number of rotatable bonds is 9. The van der Waals surface area contributed by atoms with Gasteiger partial charge in [-0.3, -0.25) is 4.79 Å². The summed E-state index contributed by atoms with van der Waals surface area (Å²) < 4.78 is 18.5. The third-order valence-corrected chi connectivity index (χ3v) is 5.08. The van der Waals surface area contributed by atoms with Crippen LogP contribution in [0.15, 0.2) is 28.6 Å². The first-order chi connectivity index (χ1) is 11.6. The van der Waals surface area contributed by atoms with E-state index in [1.165, 1.54) is 35.2 Å². The Morgan fingerprint density at radius 3 is 2.83 bits per heavy atom. The number of aromatic nitrogens is 2. The second-order valence-electron chi connectivity index (χ2n) is 4.90. The standard InChI is InChI=1S/C15H19FN4O2S2/c1-10(13(21)18-9-11-3-5-12(16)6-4-11)23-15-20-19-14(24-15)17-7-8-22-2/h3-6,10H,7-9H2,1-2H3,(H,17,19)(H,18,21)/t10-/m1/s1. The second kappa shape index (κ2) is 9.55. The second-order valence-corrected chi connectivity index (χ2v) is 7.46. The van der Waals surface area contributed by atoms with Crippen molar-refractivity contribution in [3.8, 4) is 0 Å². The van der Waals surface area contributed by atoms with Gasteiger partial charge >= 0.3 is 0 Å². The lowest BCUT2D eigenvalue weighted by molar-refractivity contribution is -0.120. The molecule has 0 unspecified atom stereocenters. The molecule has 0 aliphatic rings. The third-order valence-electron chi connectivity index (χ3n) is 3.02. The van der Waals surface area contributed by atoms with Gasteiger partial charge in [0.25, 0.3) is 0 Å². The van der Waals surface area contributed by atoms with Gasteiger partial charge in [0.15, 0.2) is 4.34 Å². The molecular weight excluding hydrogens is 351 g/mol. The summed E-state index contributed by atoms with van der Waals surface area (Å²) in [6.45, 7) is 3.42. The van der Waals surface area contributed by atoms with Crippen LogP contribution in [-0.2, 0) is 16.1 Å². The predicted octanol–water partition coefficient (Wildman–Crippen LogP) is 2.53. The first-order valence-corrected chi connectivity index (χ1v) is 9.03. The van der Waals surface area contributed by atoms with Gasteiger partial charge in [-0.1, -0.05) is 35.2 Å². The summed E-state index contributed by atoms with van der Waals surface area (Å²) in [5, 5.41) is 14.4. The monoisotopic (exact) mass is 370 g/mol. The molecule has 0 aliphatic carbocycles. The lowest BCUT2D eigenvalue weighted by atomic mass is 10.2. The number of nitrogens with one attached hydrogen (secondary N) is 2.